The van der Waals surface area contributed by atoms with Crippen LogP contribution in [0.1, 0.15) is 43.1 Å². The molecular weight excluding hydrogens is 288 g/mol. The molecule has 0 radical (unpaired) electrons. The van der Waals surface area contributed by atoms with E-state index < -0.39 is 22.3 Å². The third kappa shape index (κ3) is 3.81. The Morgan fingerprint density at radius 1 is 1.41 bits per heavy atom. The molecule has 1 amide bonds. The second kappa shape index (κ2) is 6.55. The van der Waals surface area contributed by atoms with Crippen molar-refractivity contribution in [2.45, 2.75) is 39.7 Å². The van der Waals surface area contributed by atoms with Crippen molar-refractivity contribution in [1.82, 2.24) is 5.32 Å². The van der Waals surface area contributed by atoms with E-state index in [1.807, 2.05) is 13.8 Å². The summed E-state index contributed by atoms with van der Waals surface area (Å²) in [6.07, 6.45) is -0.232. The first-order valence-corrected chi connectivity index (χ1v) is 6.87. The van der Waals surface area contributed by atoms with Gasteiger partial charge in [-0.1, -0.05) is 19.9 Å². The average molecular weight is 308 g/mol. The van der Waals surface area contributed by atoms with Gasteiger partial charge in [-0.05, 0) is 25.8 Å². The molecule has 0 saturated carbocycles. The first kappa shape index (κ1) is 17.6. The van der Waals surface area contributed by atoms with Gasteiger partial charge in [0.25, 0.3) is 11.6 Å². The smallest absolute Gasteiger partial charge is 0.305 e. The van der Waals surface area contributed by atoms with Gasteiger partial charge in [-0.25, -0.2) is 0 Å². The highest BCUT2D eigenvalue weighted by Gasteiger charge is 2.33. The van der Waals surface area contributed by atoms with Crippen molar-refractivity contribution in [3.63, 3.8) is 0 Å². The third-order valence-corrected chi connectivity index (χ3v) is 3.94. The molecule has 1 rings (SSSR count). The van der Waals surface area contributed by atoms with Crippen LogP contribution in [0, 0.1) is 23.0 Å². The largest absolute Gasteiger partial charge is 0.481 e. The number of hydrogen-bond donors (Lipinski definition) is 2. The van der Waals surface area contributed by atoms with Gasteiger partial charge in [0.1, 0.15) is 0 Å². The minimum Gasteiger partial charge on any atom is -0.481 e. The summed E-state index contributed by atoms with van der Waals surface area (Å²) < 4.78 is 0. The van der Waals surface area contributed by atoms with Gasteiger partial charge >= 0.3 is 5.97 Å². The van der Waals surface area contributed by atoms with Crippen molar-refractivity contribution in [1.29, 1.82) is 0 Å². The lowest BCUT2D eigenvalue weighted by atomic mass is 9.84. The lowest BCUT2D eigenvalue weighted by molar-refractivity contribution is -0.385. The number of nitro groups is 1. The molecule has 1 aromatic rings. The van der Waals surface area contributed by atoms with Crippen molar-refractivity contribution >= 4 is 17.6 Å². The van der Waals surface area contributed by atoms with Crippen LogP contribution in [0.5, 0.6) is 0 Å². The van der Waals surface area contributed by atoms with E-state index in [1.165, 1.54) is 25.1 Å². The van der Waals surface area contributed by atoms with Gasteiger partial charge in [0.2, 0.25) is 0 Å². The molecule has 7 nitrogen and oxygen atoms in total. The minimum atomic E-state index is -1.02. The lowest BCUT2D eigenvalue weighted by Gasteiger charge is -2.33. The Labute approximate surface area is 128 Å². The van der Waals surface area contributed by atoms with Crippen molar-refractivity contribution in [2.75, 3.05) is 0 Å². The van der Waals surface area contributed by atoms with E-state index in [9.17, 15) is 19.7 Å². The van der Waals surface area contributed by atoms with E-state index >= 15 is 0 Å². The second-order valence-corrected chi connectivity index (χ2v) is 5.80. The highest BCUT2D eigenvalue weighted by molar-refractivity contribution is 5.97. The molecule has 0 bridgehead atoms. The Kier molecular flexibility index (Phi) is 5.24. The molecule has 0 fully saturated rings. The van der Waals surface area contributed by atoms with Crippen LogP contribution in [0.15, 0.2) is 18.2 Å². The Morgan fingerprint density at radius 3 is 2.45 bits per heavy atom. The normalized spacial score (nSPS) is 13.5. The van der Waals surface area contributed by atoms with Gasteiger partial charge in [0.05, 0.1) is 16.9 Å². The zero-order valence-corrected chi connectivity index (χ0v) is 13.0. The van der Waals surface area contributed by atoms with Gasteiger partial charge in [-0.2, -0.15) is 0 Å². The number of nitro benzene ring substituents is 1. The maximum Gasteiger partial charge on any atom is 0.305 e. The predicted octanol–water partition coefficient (Wildman–Crippen LogP) is 2.52. The summed E-state index contributed by atoms with van der Waals surface area (Å²) in [5, 5.41) is 22.6. The molecule has 0 aromatic heterocycles. The molecule has 0 aliphatic carbocycles. The zero-order chi connectivity index (χ0) is 17.1. The topological polar surface area (TPSA) is 110 Å². The van der Waals surface area contributed by atoms with Crippen molar-refractivity contribution in [3.05, 3.63) is 39.4 Å². The number of carboxylic acids is 1. The Morgan fingerprint density at radius 2 is 2.00 bits per heavy atom. The molecular formula is C15H20N2O5. The summed E-state index contributed by atoms with van der Waals surface area (Å²) >= 11 is 0. The van der Waals surface area contributed by atoms with Gasteiger partial charge in [-0.3, -0.25) is 19.7 Å². The molecule has 0 saturated heterocycles. The Hall–Kier alpha value is -2.44. The molecule has 0 aliphatic rings. The van der Waals surface area contributed by atoms with Crippen LogP contribution < -0.4 is 5.32 Å². The highest BCUT2D eigenvalue weighted by atomic mass is 16.6. The number of nitrogens with one attached hydrogen (secondary N) is 1. The number of rotatable bonds is 6. The fourth-order valence-corrected chi connectivity index (χ4v) is 2.10. The minimum absolute atomic E-state index is 0.119. The molecule has 0 heterocycles. The van der Waals surface area contributed by atoms with Crippen LogP contribution >= 0.6 is 0 Å². The number of carboxylic acid groups (broad SMARTS) is 1. The third-order valence-electron chi connectivity index (χ3n) is 3.94. The summed E-state index contributed by atoms with van der Waals surface area (Å²) in [4.78, 5) is 33.8. The molecule has 0 aliphatic heterocycles. The van der Waals surface area contributed by atoms with E-state index in [0.717, 1.165) is 0 Å². The van der Waals surface area contributed by atoms with E-state index in [1.54, 1.807) is 6.92 Å². The second-order valence-electron chi connectivity index (χ2n) is 5.80. The molecule has 22 heavy (non-hydrogen) atoms. The number of amides is 1. The van der Waals surface area contributed by atoms with Crippen LogP contribution in [-0.4, -0.2) is 27.4 Å². The summed E-state index contributed by atoms with van der Waals surface area (Å²) in [5.41, 5.74) is -0.657. The first-order chi connectivity index (χ1) is 10.1. The molecule has 0 spiro atoms. The summed E-state index contributed by atoms with van der Waals surface area (Å²) in [7, 11) is 0. The Bertz CT molecular complexity index is 612. The molecule has 7 heteroatoms. The molecule has 2 N–H and O–H groups in total. The lowest BCUT2D eigenvalue weighted by Crippen LogP contribution is -2.51. The molecule has 120 valence electrons. The van der Waals surface area contributed by atoms with Crippen molar-refractivity contribution < 1.29 is 19.6 Å². The van der Waals surface area contributed by atoms with Crippen molar-refractivity contribution in [2.24, 2.45) is 5.92 Å². The fourth-order valence-electron chi connectivity index (χ4n) is 2.10. The molecule has 1 atom stereocenters. The number of nitrogens with zero attached hydrogens (tertiary/aromatic N) is 1. The van der Waals surface area contributed by atoms with Gasteiger partial charge in [0, 0.05) is 17.2 Å². The van der Waals surface area contributed by atoms with Crippen LogP contribution in [0.2, 0.25) is 0 Å². The van der Waals surface area contributed by atoms with Crippen LogP contribution in [0.3, 0.4) is 0 Å². The first-order valence-electron chi connectivity index (χ1n) is 6.87. The van der Waals surface area contributed by atoms with Gasteiger partial charge < -0.3 is 10.4 Å². The standard InChI is InChI=1S/C15H20N2O5/c1-9(2)15(4,8-13(18)19)16-14(20)11-6-5-7-12(10(11)3)17(21)22/h5-7,9H,8H2,1-4H3,(H,16,20)(H,18,19). The maximum absolute atomic E-state index is 12.4. The highest BCUT2D eigenvalue weighted by Crippen LogP contribution is 2.24. The van der Waals surface area contributed by atoms with Crippen molar-refractivity contribution in [3.8, 4) is 0 Å². The summed E-state index contributed by atoms with van der Waals surface area (Å²) in [6.45, 7) is 6.76. The maximum atomic E-state index is 12.4. The fraction of sp³-hybridized carbons (Fsp3) is 0.467. The average Bonchev–Trinajstić information content (AvgIpc) is 2.36. The van der Waals surface area contributed by atoms with Gasteiger partial charge in [-0.15, -0.1) is 0 Å². The number of aliphatic carboxylic acids is 1. The SMILES string of the molecule is Cc1c(C(=O)NC(C)(CC(=O)O)C(C)C)cccc1[N+](=O)[O-]. The number of carbonyl (C=O) groups excluding carboxylic acids is 1. The van der Waals surface area contributed by atoms with Crippen LogP contribution in [0.4, 0.5) is 5.69 Å². The van der Waals surface area contributed by atoms with Crippen LogP contribution in [0.25, 0.3) is 0 Å². The quantitative estimate of drug-likeness (QED) is 0.620. The molecule has 1 aromatic carbocycles. The monoisotopic (exact) mass is 308 g/mol. The van der Waals surface area contributed by atoms with Crippen LogP contribution in [-0.2, 0) is 4.79 Å². The number of hydrogen-bond acceptors (Lipinski definition) is 4. The van der Waals surface area contributed by atoms with E-state index in [2.05, 4.69) is 5.32 Å². The van der Waals surface area contributed by atoms with E-state index in [-0.39, 0.29) is 29.2 Å². The Balaban J connectivity index is 3.13. The zero-order valence-electron chi connectivity index (χ0n) is 13.0. The summed E-state index contributed by atoms with van der Waals surface area (Å²) in [6, 6.07) is 4.24. The number of benzene rings is 1. The summed E-state index contributed by atoms with van der Waals surface area (Å²) in [5.74, 6) is -1.66. The number of carbonyl (C=O) groups is 2. The van der Waals surface area contributed by atoms with Gasteiger partial charge in [0.15, 0.2) is 0 Å². The van der Waals surface area contributed by atoms with E-state index in [0.29, 0.717) is 0 Å². The van der Waals surface area contributed by atoms with E-state index in [4.69, 9.17) is 5.11 Å². The predicted molar refractivity (Wildman–Crippen MR) is 80.8 cm³/mol. The molecule has 1 unspecified atom stereocenters.